The molecule has 0 unspecified atom stereocenters. The standard InChI is InChI=1S/C23H20F3NO6/c1-31-16-7-8-17-14(11-21(29)33-19(17)12-16)10-18(22(30)32-2)27-20(28)9-13-3-5-15(6-4-13)23(24,25)26/h3-8,11-12,18H,9-10H2,1-2H3,(H,27,28)/t18-/m1/s1. The van der Waals surface area contributed by atoms with Gasteiger partial charge in [0.25, 0.3) is 0 Å². The van der Waals surface area contributed by atoms with E-state index in [-0.39, 0.29) is 18.4 Å². The van der Waals surface area contributed by atoms with Gasteiger partial charge in [0.15, 0.2) is 0 Å². The lowest BCUT2D eigenvalue weighted by atomic mass is 10.0. The molecular weight excluding hydrogens is 443 g/mol. The average Bonchev–Trinajstić information content (AvgIpc) is 2.77. The Balaban J connectivity index is 1.80. The van der Waals surface area contributed by atoms with Crippen molar-refractivity contribution >= 4 is 22.8 Å². The normalized spacial score (nSPS) is 12.3. The molecule has 7 nitrogen and oxygen atoms in total. The summed E-state index contributed by atoms with van der Waals surface area (Å²) in [5, 5.41) is 3.07. The molecule has 174 valence electrons. The number of alkyl halides is 3. The summed E-state index contributed by atoms with van der Waals surface area (Å²) < 4.78 is 53.2. The van der Waals surface area contributed by atoms with Crippen molar-refractivity contribution in [3.05, 3.63) is 75.6 Å². The number of esters is 1. The van der Waals surface area contributed by atoms with E-state index < -0.39 is 35.3 Å². The van der Waals surface area contributed by atoms with Crippen molar-refractivity contribution in [1.29, 1.82) is 0 Å². The number of fused-ring (bicyclic) bond motifs is 1. The topological polar surface area (TPSA) is 94.8 Å². The third kappa shape index (κ3) is 5.91. The van der Waals surface area contributed by atoms with E-state index in [9.17, 15) is 27.6 Å². The lowest BCUT2D eigenvalue weighted by Gasteiger charge is -2.17. The first-order valence-electron chi connectivity index (χ1n) is 9.75. The fourth-order valence-corrected chi connectivity index (χ4v) is 3.30. The van der Waals surface area contributed by atoms with Gasteiger partial charge in [-0.05, 0) is 35.4 Å². The summed E-state index contributed by atoms with van der Waals surface area (Å²) in [5.74, 6) is -0.873. The number of benzene rings is 2. The molecule has 3 rings (SSSR count). The fraction of sp³-hybridized carbons (Fsp3) is 0.261. The molecule has 0 saturated heterocycles. The first-order chi connectivity index (χ1) is 15.6. The molecule has 0 aliphatic rings. The zero-order valence-corrected chi connectivity index (χ0v) is 17.7. The molecule has 0 aliphatic heterocycles. The molecule has 0 fully saturated rings. The van der Waals surface area contributed by atoms with E-state index in [4.69, 9.17) is 13.9 Å². The molecule has 1 amide bonds. The zero-order valence-electron chi connectivity index (χ0n) is 17.7. The first-order valence-corrected chi connectivity index (χ1v) is 9.75. The van der Waals surface area contributed by atoms with Crippen molar-refractivity contribution in [3.63, 3.8) is 0 Å². The Labute approximate surface area is 186 Å². The van der Waals surface area contributed by atoms with Crippen molar-refractivity contribution in [1.82, 2.24) is 5.32 Å². The second-order valence-electron chi connectivity index (χ2n) is 7.17. The number of halogens is 3. The van der Waals surface area contributed by atoms with Crippen LogP contribution >= 0.6 is 0 Å². The van der Waals surface area contributed by atoms with Gasteiger partial charge in [-0.25, -0.2) is 9.59 Å². The highest BCUT2D eigenvalue weighted by atomic mass is 19.4. The van der Waals surface area contributed by atoms with Gasteiger partial charge in [0.2, 0.25) is 5.91 Å². The van der Waals surface area contributed by atoms with Gasteiger partial charge < -0.3 is 19.2 Å². The van der Waals surface area contributed by atoms with Gasteiger partial charge in [0.05, 0.1) is 26.2 Å². The van der Waals surface area contributed by atoms with Crippen molar-refractivity contribution in [2.75, 3.05) is 14.2 Å². The number of carbonyl (C=O) groups excluding carboxylic acids is 2. The van der Waals surface area contributed by atoms with Gasteiger partial charge in [-0.3, -0.25) is 4.79 Å². The highest BCUT2D eigenvalue weighted by Crippen LogP contribution is 2.29. The molecule has 3 aromatic rings. The second kappa shape index (κ2) is 9.76. The maximum absolute atomic E-state index is 12.7. The molecule has 1 N–H and O–H groups in total. The Morgan fingerprint density at radius 2 is 1.76 bits per heavy atom. The Morgan fingerprint density at radius 1 is 1.06 bits per heavy atom. The maximum atomic E-state index is 12.7. The number of methoxy groups -OCH3 is 2. The summed E-state index contributed by atoms with van der Waals surface area (Å²) in [6.07, 6.45) is -4.80. The van der Waals surface area contributed by atoms with Crippen LogP contribution in [0.2, 0.25) is 0 Å². The molecule has 1 aromatic heterocycles. The quantitative estimate of drug-likeness (QED) is 0.427. The molecule has 10 heteroatoms. The minimum absolute atomic E-state index is 0.0696. The van der Waals surface area contributed by atoms with Crippen LogP contribution in [0.15, 0.2) is 57.7 Å². The Morgan fingerprint density at radius 3 is 2.36 bits per heavy atom. The number of rotatable bonds is 7. The summed E-state index contributed by atoms with van der Waals surface area (Å²) >= 11 is 0. The summed E-state index contributed by atoms with van der Waals surface area (Å²) in [7, 11) is 2.61. The van der Waals surface area contributed by atoms with Crippen molar-refractivity contribution in [2.24, 2.45) is 0 Å². The van der Waals surface area contributed by atoms with Gasteiger partial charge in [-0.1, -0.05) is 12.1 Å². The predicted molar refractivity (Wildman–Crippen MR) is 112 cm³/mol. The smallest absolute Gasteiger partial charge is 0.416 e. The summed E-state index contributed by atoms with van der Waals surface area (Å²) in [6, 6.07) is 9.06. The van der Waals surface area contributed by atoms with Crippen LogP contribution in [0.4, 0.5) is 13.2 Å². The number of hydrogen-bond acceptors (Lipinski definition) is 6. The van der Waals surface area contributed by atoms with E-state index in [1.54, 1.807) is 12.1 Å². The Kier molecular flexibility index (Phi) is 7.05. The van der Waals surface area contributed by atoms with Crippen molar-refractivity contribution < 1.29 is 36.7 Å². The maximum Gasteiger partial charge on any atom is 0.416 e. The van der Waals surface area contributed by atoms with Gasteiger partial charge in [0.1, 0.15) is 17.4 Å². The van der Waals surface area contributed by atoms with Crippen LogP contribution in [0.5, 0.6) is 5.75 Å². The zero-order chi connectivity index (χ0) is 24.2. The molecule has 0 aliphatic carbocycles. The van der Waals surface area contributed by atoms with E-state index in [0.717, 1.165) is 19.2 Å². The summed E-state index contributed by atoms with van der Waals surface area (Å²) in [6.45, 7) is 0. The number of amides is 1. The average molecular weight is 463 g/mol. The molecule has 0 bridgehead atoms. The van der Waals surface area contributed by atoms with E-state index >= 15 is 0 Å². The van der Waals surface area contributed by atoms with Crippen LogP contribution < -0.4 is 15.7 Å². The monoisotopic (exact) mass is 463 g/mol. The highest BCUT2D eigenvalue weighted by Gasteiger charge is 2.30. The summed E-state index contributed by atoms with van der Waals surface area (Å²) in [5.41, 5.74) is -0.455. The Hall–Kier alpha value is -3.82. The first kappa shape index (κ1) is 23.8. The third-order valence-corrected chi connectivity index (χ3v) is 4.93. The number of nitrogens with one attached hydrogen (secondary N) is 1. The lowest BCUT2D eigenvalue weighted by molar-refractivity contribution is -0.145. The van der Waals surface area contributed by atoms with Gasteiger partial charge in [-0.2, -0.15) is 13.2 Å². The van der Waals surface area contributed by atoms with E-state index in [1.807, 2.05) is 0 Å². The van der Waals surface area contributed by atoms with Gasteiger partial charge in [-0.15, -0.1) is 0 Å². The van der Waals surface area contributed by atoms with E-state index in [2.05, 4.69) is 5.32 Å². The SMILES string of the molecule is COC(=O)[C@@H](Cc1cc(=O)oc2cc(OC)ccc12)NC(=O)Cc1ccc(C(F)(F)F)cc1. The van der Waals surface area contributed by atoms with Crippen LogP contribution in [-0.2, 0) is 33.3 Å². The van der Waals surface area contributed by atoms with Crippen molar-refractivity contribution in [3.8, 4) is 5.75 Å². The van der Waals surface area contributed by atoms with E-state index in [0.29, 0.717) is 22.3 Å². The molecule has 0 saturated carbocycles. The predicted octanol–water partition coefficient (Wildman–Crippen LogP) is 3.26. The molecule has 0 spiro atoms. The Bertz CT molecular complexity index is 1220. The molecular formula is C23H20F3NO6. The minimum atomic E-state index is -4.48. The van der Waals surface area contributed by atoms with Crippen LogP contribution in [-0.4, -0.2) is 32.1 Å². The number of hydrogen-bond donors (Lipinski definition) is 1. The molecule has 2 aromatic carbocycles. The molecule has 33 heavy (non-hydrogen) atoms. The lowest BCUT2D eigenvalue weighted by Crippen LogP contribution is -2.43. The molecule has 1 atom stereocenters. The molecule has 1 heterocycles. The highest BCUT2D eigenvalue weighted by molar-refractivity contribution is 5.87. The van der Waals surface area contributed by atoms with Gasteiger partial charge >= 0.3 is 17.8 Å². The molecule has 0 radical (unpaired) electrons. The number of carbonyl (C=O) groups is 2. The van der Waals surface area contributed by atoms with Gasteiger partial charge in [0, 0.05) is 23.9 Å². The van der Waals surface area contributed by atoms with Crippen LogP contribution in [0.25, 0.3) is 11.0 Å². The second-order valence-corrected chi connectivity index (χ2v) is 7.17. The van der Waals surface area contributed by atoms with Crippen LogP contribution in [0.3, 0.4) is 0 Å². The van der Waals surface area contributed by atoms with E-state index in [1.165, 1.54) is 31.4 Å². The summed E-state index contributed by atoms with van der Waals surface area (Å²) in [4.78, 5) is 36.8. The van der Waals surface area contributed by atoms with Crippen LogP contribution in [0.1, 0.15) is 16.7 Å². The fourth-order valence-electron chi connectivity index (χ4n) is 3.30. The van der Waals surface area contributed by atoms with Crippen LogP contribution in [0, 0.1) is 0 Å². The van der Waals surface area contributed by atoms with Crippen molar-refractivity contribution in [2.45, 2.75) is 25.1 Å². The minimum Gasteiger partial charge on any atom is -0.497 e. The number of ether oxygens (including phenoxy) is 2. The third-order valence-electron chi connectivity index (χ3n) is 4.93. The largest absolute Gasteiger partial charge is 0.497 e.